The van der Waals surface area contributed by atoms with E-state index >= 15 is 0 Å². The van der Waals surface area contributed by atoms with E-state index in [0.717, 1.165) is 41.2 Å². The molecular weight excluding hydrogens is 352 g/mol. The van der Waals surface area contributed by atoms with Crippen molar-refractivity contribution in [1.82, 2.24) is 29.9 Å². The van der Waals surface area contributed by atoms with Crippen LogP contribution in [0.1, 0.15) is 37.2 Å². The van der Waals surface area contributed by atoms with Crippen molar-refractivity contribution in [2.45, 2.75) is 32.7 Å². The summed E-state index contributed by atoms with van der Waals surface area (Å²) in [6.45, 7) is 6.27. The van der Waals surface area contributed by atoms with Gasteiger partial charge in [-0.05, 0) is 38.3 Å². The van der Waals surface area contributed by atoms with Crippen molar-refractivity contribution >= 4 is 33.7 Å². The summed E-state index contributed by atoms with van der Waals surface area (Å²) in [6, 6.07) is 6.13. The molecule has 0 saturated carbocycles. The van der Waals surface area contributed by atoms with E-state index in [4.69, 9.17) is 9.97 Å². The highest BCUT2D eigenvalue weighted by Crippen LogP contribution is 2.31. The number of nitrogens with one attached hydrogen (secondary N) is 2. The number of aryl methyl sites for hydroxylation is 1. The average molecular weight is 374 g/mol. The second-order valence-corrected chi connectivity index (χ2v) is 7.26. The van der Waals surface area contributed by atoms with Crippen molar-refractivity contribution in [3.63, 3.8) is 0 Å². The van der Waals surface area contributed by atoms with Gasteiger partial charge in [-0.3, -0.25) is 0 Å². The lowest BCUT2D eigenvalue weighted by Crippen LogP contribution is -2.22. The minimum absolute atomic E-state index is 0.118. The van der Waals surface area contributed by atoms with Crippen LogP contribution in [-0.4, -0.2) is 43.0 Å². The molecule has 4 heterocycles. The van der Waals surface area contributed by atoms with Gasteiger partial charge in [-0.15, -0.1) is 0 Å². The lowest BCUT2D eigenvalue weighted by atomic mass is 10.1. The summed E-state index contributed by atoms with van der Waals surface area (Å²) in [5.74, 6) is 2.50. The molecule has 142 valence electrons. The Kier molecular flexibility index (Phi) is 4.03. The lowest BCUT2D eigenvalue weighted by Gasteiger charge is -2.22. The molecule has 0 radical (unpaired) electrons. The minimum atomic E-state index is -0.118. The van der Waals surface area contributed by atoms with Crippen LogP contribution in [0.3, 0.4) is 0 Å². The number of aromatic nitrogens is 6. The number of hydrogen-bond donors (Lipinski definition) is 2. The molecule has 8 nitrogen and oxygen atoms in total. The summed E-state index contributed by atoms with van der Waals surface area (Å²) < 4.78 is 0. The average Bonchev–Trinajstić information content (AvgIpc) is 3.39. The van der Waals surface area contributed by atoms with Crippen molar-refractivity contribution in [1.29, 1.82) is 0 Å². The van der Waals surface area contributed by atoms with Crippen molar-refractivity contribution in [3.05, 3.63) is 42.2 Å². The first-order valence-electron chi connectivity index (χ1n) is 9.63. The summed E-state index contributed by atoms with van der Waals surface area (Å²) in [7, 11) is 0. The minimum Gasteiger partial charge on any atom is -0.358 e. The molecule has 0 spiro atoms. The third-order valence-corrected chi connectivity index (χ3v) is 5.30. The molecule has 2 N–H and O–H groups in total. The van der Waals surface area contributed by atoms with Crippen LogP contribution in [-0.2, 0) is 0 Å². The maximum absolute atomic E-state index is 4.99. The van der Waals surface area contributed by atoms with Crippen molar-refractivity contribution in [2.24, 2.45) is 0 Å². The van der Waals surface area contributed by atoms with Crippen LogP contribution in [0.15, 0.2) is 30.9 Å². The maximum atomic E-state index is 4.99. The molecule has 1 aromatic carbocycles. The van der Waals surface area contributed by atoms with Gasteiger partial charge in [0.05, 0.1) is 17.9 Å². The van der Waals surface area contributed by atoms with E-state index in [-0.39, 0.29) is 6.04 Å². The van der Waals surface area contributed by atoms with E-state index in [1.165, 1.54) is 24.7 Å². The van der Waals surface area contributed by atoms with E-state index in [0.29, 0.717) is 11.5 Å². The monoisotopic (exact) mass is 374 g/mol. The van der Waals surface area contributed by atoms with Crippen LogP contribution < -0.4 is 10.2 Å². The predicted octanol–water partition coefficient (Wildman–Crippen LogP) is 3.38. The number of H-pyrrole nitrogens is 1. The highest BCUT2D eigenvalue weighted by molar-refractivity contribution is 5.92. The Hall–Kier alpha value is -3.29. The first-order chi connectivity index (χ1) is 13.7. The Balaban J connectivity index is 1.57. The molecule has 28 heavy (non-hydrogen) atoms. The SMILES string of the molecule is Cc1cccc2nc([C@H](C)Nc3ncnc4nc[nH]c34)nc(N3CCCC3)c12. The number of rotatable bonds is 4. The highest BCUT2D eigenvalue weighted by atomic mass is 15.2. The summed E-state index contributed by atoms with van der Waals surface area (Å²) in [5.41, 5.74) is 3.61. The van der Waals surface area contributed by atoms with Gasteiger partial charge in [-0.1, -0.05) is 12.1 Å². The smallest absolute Gasteiger partial charge is 0.182 e. The van der Waals surface area contributed by atoms with Gasteiger partial charge in [0.25, 0.3) is 0 Å². The molecule has 3 aromatic heterocycles. The quantitative estimate of drug-likeness (QED) is 0.565. The molecule has 0 bridgehead atoms. The van der Waals surface area contributed by atoms with Gasteiger partial charge < -0.3 is 15.2 Å². The molecule has 8 heteroatoms. The van der Waals surface area contributed by atoms with Gasteiger partial charge >= 0.3 is 0 Å². The Morgan fingerprint density at radius 1 is 1.11 bits per heavy atom. The van der Waals surface area contributed by atoms with E-state index in [2.05, 4.69) is 62.2 Å². The van der Waals surface area contributed by atoms with Crippen LogP contribution in [0.25, 0.3) is 22.1 Å². The van der Waals surface area contributed by atoms with Crippen LogP contribution in [0.5, 0.6) is 0 Å². The Morgan fingerprint density at radius 3 is 2.82 bits per heavy atom. The fourth-order valence-electron chi connectivity index (χ4n) is 3.84. The second-order valence-electron chi connectivity index (χ2n) is 7.26. The number of fused-ring (bicyclic) bond motifs is 2. The third-order valence-electron chi connectivity index (χ3n) is 5.30. The summed E-state index contributed by atoms with van der Waals surface area (Å²) in [6.07, 6.45) is 5.55. The van der Waals surface area contributed by atoms with Crippen molar-refractivity contribution in [3.8, 4) is 0 Å². The van der Waals surface area contributed by atoms with E-state index in [1.807, 2.05) is 0 Å². The van der Waals surface area contributed by atoms with E-state index in [1.54, 1.807) is 6.33 Å². The second kappa shape index (κ2) is 6.70. The number of aromatic amines is 1. The summed E-state index contributed by atoms with van der Waals surface area (Å²) in [5, 5.41) is 4.57. The number of anilines is 2. The van der Waals surface area contributed by atoms with Gasteiger partial charge in [0.15, 0.2) is 17.3 Å². The fourth-order valence-corrected chi connectivity index (χ4v) is 3.84. The normalized spacial score (nSPS) is 15.4. The van der Waals surface area contributed by atoms with Gasteiger partial charge in [-0.2, -0.15) is 0 Å². The summed E-state index contributed by atoms with van der Waals surface area (Å²) >= 11 is 0. The largest absolute Gasteiger partial charge is 0.358 e. The number of benzene rings is 1. The first-order valence-corrected chi connectivity index (χ1v) is 9.63. The van der Waals surface area contributed by atoms with Crippen LogP contribution in [0.4, 0.5) is 11.6 Å². The zero-order valence-electron chi connectivity index (χ0n) is 16.0. The molecule has 4 aromatic rings. The fraction of sp³-hybridized carbons (Fsp3) is 0.350. The molecule has 1 aliphatic rings. The Labute approximate surface area is 162 Å². The molecule has 1 atom stereocenters. The molecule has 0 amide bonds. The zero-order chi connectivity index (χ0) is 19.1. The van der Waals surface area contributed by atoms with Gasteiger partial charge in [0, 0.05) is 18.5 Å². The van der Waals surface area contributed by atoms with E-state index < -0.39 is 0 Å². The van der Waals surface area contributed by atoms with Gasteiger partial charge in [-0.25, -0.2) is 24.9 Å². The summed E-state index contributed by atoms with van der Waals surface area (Å²) in [4.78, 5) is 28.0. The molecular formula is C20H22N8. The molecule has 5 rings (SSSR count). The van der Waals surface area contributed by atoms with Crippen LogP contribution >= 0.6 is 0 Å². The molecule has 1 fully saturated rings. The molecule has 0 unspecified atom stereocenters. The van der Waals surface area contributed by atoms with Gasteiger partial charge in [0.1, 0.15) is 17.7 Å². The van der Waals surface area contributed by atoms with Gasteiger partial charge in [0.2, 0.25) is 0 Å². The molecule has 1 saturated heterocycles. The standard InChI is InChI=1S/C20H22N8/c1-12-6-5-7-14-15(12)20(28-8-3-4-9-28)27-17(26-14)13(2)25-19-16-18(22-10-21-16)23-11-24-19/h5-7,10-11,13H,3-4,8-9H2,1-2H3,(H2,21,22,23,24,25)/t13-/m0/s1. The van der Waals surface area contributed by atoms with Crippen molar-refractivity contribution < 1.29 is 0 Å². The van der Waals surface area contributed by atoms with Crippen molar-refractivity contribution in [2.75, 3.05) is 23.3 Å². The van der Waals surface area contributed by atoms with Crippen LogP contribution in [0, 0.1) is 6.92 Å². The predicted molar refractivity (Wildman–Crippen MR) is 109 cm³/mol. The Bertz CT molecular complexity index is 1150. The molecule has 1 aliphatic heterocycles. The number of hydrogen-bond acceptors (Lipinski definition) is 7. The Morgan fingerprint density at radius 2 is 1.96 bits per heavy atom. The third kappa shape index (κ3) is 2.81. The maximum Gasteiger partial charge on any atom is 0.182 e. The topological polar surface area (TPSA) is 95.5 Å². The lowest BCUT2D eigenvalue weighted by molar-refractivity contribution is 0.783. The zero-order valence-corrected chi connectivity index (χ0v) is 16.0. The first kappa shape index (κ1) is 16.9. The number of imidazole rings is 1. The molecule has 0 aliphatic carbocycles. The van der Waals surface area contributed by atoms with E-state index in [9.17, 15) is 0 Å². The highest BCUT2D eigenvalue weighted by Gasteiger charge is 2.21. The van der Waals surface area contributed by atoms with Crippen LogP contribution in [0.2, 0.25) is 0 Å². The number of nitrogens with zero attached hydrogens (tertiary/aromatic N) is 6.